The van der Waals surface area contributed by atoms with E-state index in [1.807, 2.05) is 27.7 Å². The number of esters is 1. The highest BCUT2D eigenvalue weighted by Gasteiger charge is 2.19. The number of carbonyl (C=O) groups is 2. The van der Waals surface area contributed by atoms with Gasteiger partial charge in [0.2, 0.25) is 0 Å². The van der Waals surface area contributed by atoms with E-state index in [1.54, 1.807) is 33.8 Å². The second-order valence-corrected chi connectivity index (χ2v) is 7.10. The van der Waals surface area contributed by atoms with E-state index in [0.717, 1.165) is 0 Å². The lowest BCUT2D eigenvalue weighted by Gasteiger charge is -2.20. The quantitative estimate of drug-likeness (QED) is 0.582. The predicted octanol–water partition coefficient (Wildman–Crippen LogP) is 3.86. The molecule has 5 heteroatoms. The smallest absolute Gasteiger partial charge is 0.457 e. The zero-order valence-electron chi connectivity index (χ0n) is 14.4. The first-order valence-corrected chi connectivity index (χ1v) is 7.08. The van der Waals surface area contributed by atoms with E-state index >= 15 is 0 Å². The first kappa shape index (κ1) is 19.5. The molecule has 0 aromatic carbocycles. The van der Waals surface area contributed by atoms with E-state index in [1.165, 1.54) is 0 Å². The van der Waals surface area contributed by atoms with Gasteiger partial charge in [0, 0.05) is 11.5 Å². The summed E-state index contributed by atoms with van der Waals surface area (Å²) in [6.07, 6.45) is 1.01. The van der Waals surface area contributed by atoms with Crippen molar-refractivity contribution in [2.45, 2.75) is 66.6 Å². The molecule has 0 heterocycles. The molecular formula is C16H28O5. The fourth-order valence-corrected chi connectivity index (χ4v) is 1.38. The lowest BCUT2D eigenvalue weighted by atomic mass is 10.1. The molecule has 0 spiro atoms. The highest BCUT2D eigenvalue weighted by molar-refractivity contribution is 5.88. The minimum absolute atomic E-state index is 0.106. The molecule has 0 aliphatic heterocycles. The van der Waals surface area contributed by atoms with E-state index in [0.29, 0.717) is 5.57 Å². The Hall–Kier alpha value is -1.52. The third kappa shape index (κ3) is 10.9. The lowest BCUT2D eigenvalue weighted by Crippen LogP contribution is -2.26. The van der Waals surface area contributed by atoms with Crippen molar-refractivity contribution >= 4 is 12.1 Å². The molecule has 0 bridgehead atoms. The van der Waals surface area contributed by atoms with Gasteiger partial charge in [0.1, 0.15) is 17.8 Å². The molecule has 0 fully saturated rings. The van der Waals surface area contributed by atoms with Crippen LogP contribution in [0.1, 0.15) is 55.4 Å². The van der Waals surface area contributed by atoms with Crippen LogP contribution in [-0.2, 0) is 19.0 Å². The van der Waals surface area contributed by atoms with Crippen LogP contribution in [0.3, 0.4) is 0 Å². The van der Waals surface area contributed by atoms with E-state index in [4.69, 9.17) is 14.2 Å². The van der Waals surface area contributed by atoms with Gasteiger partial charge in [-0.25, -0.2) is 9.59 Å². The van der Waals surface area contributed by atoms with Crippen molar-refractivity contribution in [1.82, 2.24) is 0 Å². The summed E-state index contributed by atoms with van der Waals surface area (Å²) >= 11 is 0. The Morgan fingerprint density at radius 2 is 1.48 bits per heavy atom. The van der Waals surface area contributed by atoms with Gasteiger partial charge in [0.25, 0.3) is 0 Å². The van der Waals surface area contributed by atoms with Crippen LogP contribution in [0.2, 0.25) is 0 Å². The molecule has 0 aromatic rings. The first-order chi connectivity index (χ1) is 9.30. The van der Waals surface area contributed by atoms with E-state index in [9.17, 15) is 9.59 Å². The van der Waals surface area contributed by atoms with Crippen molar-refractivity contribution < 1.29 is 23.8 Å². The predicted molar refractivity (Wildman–Crippen MR) is 81.0 cm³/mol. The summed E-state index contributed by atoms with van der Waals surface area (Å²) in [5.74, 6) is -0.475. The first-order valence-electron chi connectivity index (χ1n) is 7.08. The fraction of sp³-hybridized carbons (Fsp3) is 0.750. The fourth-order valence-electron chi connectivity index (χ4n) is 1.38. The van der Waals surface area contributed by atoms with Crippen LogP contribution < -0.4 is 0 Å². The van der Waals surface area contributed by atoms with Crippen LogP contribution in [0.5, 0.6) is 0 Å². The summed E-state index contributed by atoms with van der Waals surface area (Å²) in [5.41, 5.74) is -0.615. The normalized spacial score (nSPS) is 14.4. The highest BCUT2D eigenvalue weighted by Crippen LogP contribution is 2.13. The van der Waals surface area contributed by atoms with Crippen molar-refractivity contribution in [2.75, 3.05) is 6.61 Å². The molecule has 0 aliphatic rings. The van der Waals surface area contributed by atoms with E-state index in [-0.39, 0.29) is 18.5 Å². The van der Waals surface area contributed by atoms with Crippen LogP contribution in [-0.4, -0.2) is 29.9 Å². The molecule has 122 valence electrons. The van der Waals surface area contributed by atoms with Gasteiger partial charge >= 0.3 is 12.1 Å². The summed E-state index contributed by atoms with van der Waals surface area (Å²) in [7, 11) is 0. The second kappa shape index (κ2) is 7.48. The van der Waals surface area contributed by atoms with Crippen LogP contribution in [0.15, 0.2) is 11.6 Å². The molecule has 0 aromatic heterocycles. The van der Waals surface area contributed by atoms with Crippen LogP contribution in [0.25, 0.3) is 0 Å². The molecule has 0 rings (SSSR count). The number of carbonyl (C=O) groups excluding carboxylic acids is 2. The molecule has 0 amide bonds. The highest BCUT2D eigenvalue weighted by atomic mass is 16.7. The van der Waals surface area contributed by atoms with Crippen molar-refractivity contribution in [3.63, 3.8) is 0 Å². The summed E-state index contributed by atoms with van der Waals surface area (Å²) < 4.78 is 15.3. The monoisotopic (exact) mass is 300 g/mol. The zero-order valence-corrected chi connectivity index (χ0v) is 14.4. The summed E-state index contributed by atoms with van der Waals surface area (Å²) in [5, 5.41) is 0. The molecule has 21 heavy (non-hydrogen) atoms. The summed E-state index contributed by atoms with van der Waals surface area (Å²) in [4.78, 5) is 23.2. The van der Waals surface area contributed by atoms with E-state index < -0.39 is 17.4 Å². The maximum Gasteiger partial charge on any atom is 0.508 e. The topological polar surface area (TPSA) is 61.8 Å². The molecule has 0 N–H and O–H groups in total. The Labute approximate surface area is 127 Å². The second-order valence-electron chi connectivity index (χ2n) is 7.10. The van der Waals surface area contributed by atoms with Gasteiger partial charge in [-0.05, 0) is 48.5 Å². The lowest BCUT2D eigenvalue weighted by molar-refractivity contribution is -0.149. The third-order valence-electron chi connectivity index (χ3n) is 2.11. The van der Waals surface area contributed by atoms with Crippen molar-refractivity contribution in [3.8, 4) is 0 Å². The Bertz CT molecular complexity index is 396. The third-order valence-corrected chi connectivity index (χ3v) is 2.11. The van der Waals surface area contributed by atoms with Crippen LogP contribution >= 0.6 is 0 Å². The van der Waals surface area contributed by atoms with E-state index in [2.05, 4.69) is 0 Å². The number of hydrogen-bond acceptors (Lipinski definition) is 5. The van der Waals surface area contributed by atoms with Crippen molar-refractivity contribution in [2.24, 2.45) is 5.92 Å². The SMILES string of the molecule is C/C(=C\[C@H](C)COC(=O)OC(C)(C)C)C(=O)OC(C)(C)C. The average molecular weight is 300 g/mol. The Morgan fingerprint density at radius 3 is 1.90 bits per heavy atom. The van der Waals surface area contributed by atoms with Gasteiger partial charge in [0.15, 0.2) is 0 Å². The van der Waals surface area contributed by atoms with Gasteiger partial charge < -0.3 is 14.2 Å². The summed E-state index contributed by atoms with van der Waals surface area (Å²) in [6.45, 7) is 14.4. The van der Waals surface area contributed by atoms with Crippen molar-refractivity contribution in [3.05, 3.63) is 11.6 Å². The molecule has 1 atom stereocenters. The minimum Gasteiger partial charge on any atom is -0.457 e. The van der Waals surface area contributed by atoms with Gasteiger partial charge in [-0.2, -0.15) is 0 Å². The largest absolute Gasteiger partial charge is 0.508 e. The number of ether oxygens (including phenoxy) is 3. The molecular weight excluding hydrogens is 272 g/mol. The number of hydrogen-bond donors (Lipinski definition) is 0. The Kier molecular flexibility index (Phi) is 6.94. The Morgan fingerprint density at radius 1 is 1.00 bits per heavy atom. The van der Waals surface area contributed by atoms with Crippen molar-refractivity contribution in [1.29, 1.82) is 0 Å². The van der Waals surface area contributed by atoms with Gasteiger partial charge in [-0.1, -0.05) is 13.0 Å². The molecule has 0 aliphatic carbocycles. The average Bonchev–Trinajstić information content (AvgIpc) is 2.21. The van der Waals surface area contributed by atoms with Crippen LogP contribution in [0.4, 0.5) is 4.79 Å². The number of rotatable bonds is 4. The van der Waals surface area contributed by atoms with Gasteiger partial charge in [-0.3, -0.25) is 0 Å². The molecule has 0 saturated heterocycles. The van der Waals surface area contributed by atoms with Gasteiger partial charge in [-0.15, -0.1) is 0 Å². The molecule has 0 saturated carbocycles. The maximum atomic E-state index is 11.8. The Balaban J connectivity index is 4.35. The molecule has 5 nitrogen and oxygen atoms in total. The van der Waals surface area contributed by atoms with Crippen LogP contribution in [0, 0.1) is 5.92 Å². The molecule has 0 unspecified atom stereocenters. The van der Waals surface area contributed by atoms with Gasteiger partial charge in [0.05, 0.1) is 0 Å². The minimum atomic E-state index is -0.710. The molecule has 0 radical (unpaired) electrons. The zero-order chi connectivity index (χ0) is 16.8. The maximum absolute atomic E-state index is 11.8. The standard InChI is InChI=1S/C16H28O5/c1-11(10-19-14(18)21-16(6,7)8)9-12(2)13(17)20-15(3,4)5/h9,11H,10H2,1-8H3/b12-9+/t11-/m0/s1. The summed E-state index contributed by atoms with van der Waals surface area (Å²) in [6, 6.07) is 0.